The summed E-state index contributed by atoms with van der Waals surface area (Å²) in [5.41, 5.74) is 12.1. The first-order valence-electron chi connectivity index (χ1n) is 15.5. The maximum absolute atomic E-state index is 5.36. The van der Waals surface area contributed by atoms with Crippen LogP contribution in [0.5, 0.6) is 0 Å². The molecule has 222 valence electrons. The van der Waals surface area contributed by atoms with Crippen molar-refractivity contribution in [3.63, 3.8) is 0 Å². The number of para-hydroxylation sites is 1. The number of hydrogen-bond donors (Lipinski definition) is 0. The Hall–Kier alpha value is -6.00. The molecule has 0 aliphatic heterocycles. The van der Waals surface area contributed by atoms with Gasteiger partial charge in [0.05, 0.1) is 44.5 Å². The molecule has 4 nitrogen and oxygen atoms in total. The lowest BCUT2D eigenvalue weighted by Crippen LogP contribution is -2.28. The van der Waals surface area contributed by atoms with Crippen molar-refractivity contribution in [1.29, 1.82) is 0 Å². The molecule has 46 heavy (non-hydrogen) atoms. The maximum Gasteiger partial charge on any atom is 0.0972 e. The highest BCUT2D eigenvalue weighted by molar-refractivity contribution is 5.99. The van der Waals surface area contributed by atoms with E-state index in [-0.39, 0.29) is 0 Å². The second-order valence-corrected chi connectivity index (χ2v) is 11.0. The second kappa shape index (κ2) is 12.2. The summed E-state index contributed by atoms with van der Waals surface area (Å²) in [4.78, 5) is 10.3. The van der Waals surface area contributed by atoms with Crippen LogP contribution >= 0.6 is 0 Å². The fourth-order valence-electron chi connectivity index (χ4n) is 6.34. The van der Waals surface area contributed by atoms with Crippen LogP contribution in [-0.4, -0.2) is 19.1 Å². The molecule has 0 radical (unpaired) electrons. The zero-order chi connectivity index (χ0) is 31.6. The quantitative estimate of drug-likeness (QED) is 0.184. The molecule has 0 aliphatic carbocycles. The highest BCUT2D eigenvalue weighted by Crippen LogP contribution is 2.33. The molecular formula is C42H34N4. The topological polar surface area (TPSA) is 35.6 Å². The Morgan fingerprint density at radius 1 is 0.630 bits per heavy atom. The number of hydrogen-bond acceptors (Lipinski definition) is 2. The zero-order valence-corrected chi connectivity index (χ0v) is 26.1. The third kappa shape index (κ3) is 4.81. The average molecular weight is 595 g/mol. The maximum atomic E-state index is 5.36. The summed E-state index contributed by atoms with van der Waals surface area (Å²) in [7, 11) is 0. The van der Waals surface area contributed by atoms with Gasteiger partial charge in [-0.3, -0.25) is 0 Å². The van der Waals surface area contributed by atoms with Crippen LogP contribution in [0.1, 0.15) is 25.1 Å². The first-order chi connectivity index (χ1) is 22.7. The van der Waals surface area contributed by atoms with Gasteiger partial charge in [0.2, 0.25) is 0 Å². The smallest absolute Gasteiger partial charge is 0.0972 e. The molecule has 3 aromatic carbocycles. The van der Waals surface area contributed by atoms with Crippen LogP contribution in [0, 0.1) is 0 Å². The van der Waals surface area contributed by atoms with Crippen LogP contribution < -0.4 is 10.6 Å². The highest BCUT2D eigenvalue weighted by Gasteiger charge is 2.20. The fraction of sp³-hybridized carbons (Fsp3) is 0.0476. The molecule has 0 spiro atoms. The summed E-state index contributed by atoms with van der Waals surface area (Å²) in [5.74, 6) is 0. The molecule has 0 aliphatic rings. The minimum Gasteiger partial charge on any atom is -0.308 e. The van der Waals surface area contributed by atoms with Crippen molar-refractivity contribution >= 4 is 46.4 Å². The van der Waals surface area contributed by atoms with Gasteiger partial charge in [0.1, 0.15) is 0 Å². The fourth-order valence-corrected chi connectivity index (χ4v) is 6.34. The Labute approximate surface area is 269 Å². The van der Waals surface area contributed by atoms with Gasteiger partial charge in [-0.05, 0) is 68.5 Å². The van der Waals surface area contributed by atoms with Gasteiger partial charge in [0.25, 0.3) is 0 Å². The molecule has 0 bridgehead atoms. The van der Waals surface area contributed by atoms with Crippen LogP contribution in [0.15, 0.2) is 135 Å². The number of pyridine rings is 2. The summed E-state index contributed by atoms with van der Waals surface area (Å²) in [5, 5.41) is 2.12. The van der Waals surface area contributed by atoms with Gasteiger partial charge in [-0.2, -0.15) is 0 Å². The monoisotopic (exact) mass is 594 g/mol. The Bertz CT molecular complexity index is 2390. The molecule has 0 N–H and O–H groups in total. The molecule has 4 heteroatoms. The first-order valence-corrected chi connectivity index (χ1v) is 15.5. The summed E-state index contributed by atoms with van der Waals surface area (Å²) in [6.45, 7) is 12.3. The van der Waals surface area contributed by atoms with E-state index in [9.17, 15) is 0 Å². The predicted octanol–water partition coefficient (Wildman–Crippen LogP) is 9.14. The van der Waals surface area contributed by atoms with E-state index in [1.165, 1.54) is 0 Å². The number of fused-ring (bicyclic) bond motifs is 2. The van der Waals surface area contributed by atoms with Gasteiger partial charge < -0.3 is 9.13 Å². The molecule has 7 rings (SSSR count). The molecule has 0 amide bonds. The van der Waals surface area contributed by atoms with Gasteiger partial charge in [0.15, 0.2) is 0 Å². The number of nitrogens with zero attached hydrogens (tertiary/aromatic N) is 4. The van der Waals surface area contributed by atoms with E-state index in [0.29, 0.717) is 0 Å². The Morgan fingerprint density at radius 2 is 1.26 bits per heavy atom. The Morgan fingerprint density at radius 3 is 1.89 bits per heavy atom. The lowest BCUT2D eigenvalue weighted by Gasteiger charge is -2.11. The standard InChI is InChI=1S/C42H34N4/c1-5-16-37-33(7-3)41-39(45(37)31-20-13-10-14-21-31)28-40-42(44-41)34(8-4)38(17-6-2)46(40)32-26-24-30(25-27-32)36-23-15-22-35(43-36)29-18-11-9-12-19-29/h5-28H,1,4H2,2-3H3/b17-6-,33-7+,37-16+. The highest BCUT2D eigenvalue weighted by atomic mass is 15.0. The zero-order valence-electron chi connectivity index (χ0n) is 26.1. The lowest BCUT2D eigenvalue weighted by molar-refractivity contribution is 1.07. The third-order valence-electron chi connectivity index (χ3n) is 8.36. The molecule has 0 saturated heterocycles. The van der Waals surface area contributed by atoms with Gasteiger partial charge in [-0.25, -0.2) is 9.97 Å². The van der Waals surface area contributed by atoms with Crippen molar-refractivity contribution < 1.29 is 0 Å². The van der Waals surface area contributed by atoms with Gasteiger partial charge >= 0.3 is 0 Å². The average Bonchev–Trinajstić information content (AvgIpc) is 3.58. The molecule has 4 heterocycles. The number of benzene rings is 3. The third-order valence-corrected chi connectivity index (χ3v) is 8.36. The second-order valence-electron chi connectivity index (χ2n) is 11.0. The van der Waals surface area contributed by atoms with E-state index >= 15 is 0 Å². The summed E-state index contributed by atoms with van der Waals surface area (Å²) < 4.78 is 4.55. The van der Waals surface area contributed by atoms with Gasteiger partial charge in [0, 0.05) is 33.3 Å². The van der Waals surface area contributed by atoms with E-state index in [0.717, 1.165) is 77.8 Å². The Kier molecular flexibility index (Phi) is 7.61. The first kappa shape index (κ1) is 28.8. The van der Waals surface area contributed by atoms with E-state index in [1.807, 2.05) is 43.3 Å². The largest absolute Gasteiger partial charge is 0.308 e. The van der Waals surface area contributed by atoms with Crippen LogP contribution in [0.4, 0.5) is 0 Å². The SMILES string of the molecule is C=C/C=c1\c(=C/C)c2nc3c(C=C)c(/C=C\C)n(-c4ccc(-c5cccc(-c6ccccc6)n5)cc4)c3cc2n1-c1ccccc1. The van der Waals surface area contributed by atoms with Crippen molar-refractivity contribution in [1.82, 2.24) is 19.1 Å². The predicted molar refractivity (Wildman–Crippen MR) is 195 cm³/mol. The molecular weight excluding hydrogens is 560 g/mol. The minimum atomic E-state index is 0.912. The van der Waals surface area contributed by atoms with Crippen LogP contribution in [0.2, 0.25) is 0 Å². The summed E-state index contributed by atoms with van der Waals surface area (Å²) in [6, 6.07) is 37.8. The molecule has 0 saturated carbocycles. The van der Waals surface area contributed by atoms with Gasteiger partial charge in [-0.1, -0.05) is 104 Å². The lowest BCUT2D eigenvalue weighted by atomic mass is 10.1. The van der Waals surface area contributed by atoms with E-state index < -0.39 is 0 Å². The normalized spacial score (nSPS) is 12.5. The summed E-state index contributed by atoms with van der Waals surface area (Å²) in [6.07, 6.45) is 12.1. The van der Waals surface area contributed by atoms with E-state index in [2.05, 4.69) is 138 Å². The minimum absolute atomic E-state index is 0.912. The molecule has 0 atom stereocenters. The van der Waals surface area contributed by atoms with Crippen molar-refractivity contribution in [3.8, 4) is 33.9 Å². The van der Waals surface area contributed by atoms with Crippen LogP contribution in [0.3, 0.4) is 0 Å². The van der Waals surface area contributed by atoms with Gasteiger partial charge in [-0.15, -0.1) is 0 Å². The van der Waals surface area contributed by atoms with Crippen molar-refractivity contribution in [2.24, 2.45) is 0 Å². The van der Waals surface area contributed by atoms with E-state index in [1.54, 1.807) is 0 Å². The van der Waals surface area contributed by atoms with Crippen molar-refractivity contribution in [2.75, 3.05) is 0 Å². The van der Waals surface area contributed by atoms with Crippen LogP contribution in [0.25, 0.3) is 80.3 Å². The number of allylic oxidation sites excluding steroid dienone is 2. The Balaban J connectivity index is 1.47. The number of rotatable bonds is 7. The van der Waals surface area contributed by atoms with Crippen molar-refractivity contribution in [2.45, 2.75) is 13.8 Å². The van der Waals surface area contributed by atoms with Crippen LogP contribution in [-0.2, 0) is 0 Å². The molecule has 4 aromatic heterocycles. The molecule has 7 aromatic rings. The summed E-state index contributed by atoms with van der Waals surface area (Å²) >= 11 is 0. The number of aromatic nitrogens is 4. The van der Waals surface area contributed by atoms with E-state index in [4.69, 9.17) is 9.97 Å². The molecule has 0 fully saturated rings. The molecule has 0 unspecified atom stereocenters. The van der Waals surface area contributed by atoms with Crippen molar-refractivity contribution in [3.05, 3.63) is 156 Å².